The predicted octanol–water partition coefficient (Wildman–Crippen LogP) is 3.12. The van der Waals surface area contributed by atoms with Crippen LogP contribution in [-0.2, 0) is 23.0 Å². The first kappa shape index (κ1) is 24.6. The molecule has 1 fully saturated rings. The van der Waals surface area contributed by atoms with E-state index in [0.29, 0.717) is 43.9 Å². The second kappa shape index (κ2) is 10.3. The lowest BCUT2D eigenvalue weighted by Crippen LogP contribution is -2.64. The van der Waals surface area contributed by atoms with E-state index in [0.717, 1.165) is 29.9 Å². The maximum absolute atomic E-state index is 13.5. The molecule has 9 heteroatoms. The topological polar surface area (TPSA) is 73.8 Å². The normalized spacial score (nSPS) is 18.6. The van der Waals surface area contributed by atoms with Crippen LogP contribution in [0.4, 0.5) is 4.39 Å². The summed E-state index contributed by atoms with van der Waals surface area (Å²) in [6.45, 7) is 4.80. The molecule has 0 radical (unpaired) electrons. The van der Waals surface area contributed by atoms with Crippen molar-refractivity contribution in [1.29, 1.82) is 0 Å². The van der Waals surface area contributed by atoms with Gasteiger partial charge >= 0.3 is 0 Å². The maximum atomic E-state index is 13.5. The molecule has 2 aromatic carbocycles. The van der Waals surface area contributed by atoms with Crippen molar-refractivity contribution in [2.75, 3.05) is 26.2 Å². The second-order valence-electron chi connectivity index (χ2n) is 8.12. The molecule has 1 spiro atoms. The maximum Gasteiger partial charge on any atom is 0.243 e. The number of sulfonamides is 1. The molecule has 2 aliphatic rings. The van der Waals surface area contributed by atoms with Crippen molar-refractivity contribution < 1.29 is 12.8 Å². The third-order valence-electron chi connectivity index (χ3n) is 6.19. The van der Waals surface area contributed by atoms with E-state index in [1.165, 1.54) is 12.1 Å². The fraction of sp³-hybridized carbons (Fsp3) is 0.435. The summed E-state index contributed by atoms with van der Waals surface area (Å²) in [5.74, 6) is 0.579. The zero-order valence-corrected chi connectivity index (χ0v) is 19.8. The van der Waals surface area contributed by atoms with Crippen molar-refractivity contribution >= 4 is 28.3 Å². The van der Waals surface area contributed by atoms with Crippen LogP contribution in [0.25, 0.3) is 0 Å². The monoisotopic (exact) mass is 480 g/mol. The van der Waals surface area contributed by atoms with Gasteiger partial charge in [0, 0.05) is 26.2 Å². The summed E-state index contributed by atoms with van der Waals surface area (Å²) in [4.78, 5) is 5.03. The molecule has 0 saturated carbocycles. The first-order valence-electron chi connectivity index (χ1n) is 10.8. The third kappa shape index (κ3) is 5.14. The Balaban J connectivity index is 0.00000289. The van der Waals surface area contributed by atoms with Gasteiger partial charge in [-0.2, -0.15) is 4.31 Å². The minimum atomic E-state index is -3.52. The molecule has 4 rings (SSSR count). The van der Waals surface area contributed by atoms with Crippen molar-refractivity contribution in [1.82, 2.24) is 14.9 Å². The molecular formula is C23H30ClFN4O2S. The Hall–Kier alpha value is -2.00. The van der Waals surface area contributed by atoms with E-state index < -0.39 is 10.0 Å². The van der Waals surface area contributed by atoms with Gasteiger partial charge in [-0.1, -0.05) is 31.2 Å². The Bertz CT molecular complexity index is 1050. The number of rotatable bonds is 5. The van der Waals surface area contributed by atoms with Crippen LogP contribution in [0, 0.1) is 5.82 Å². The van der Waals surface area contributed by atoms with E-state index in [1.54, 1.807) is 22.5 Å². The van der Waals surface area contributed by atoms with Crippen LogP contribution in [0.5, 0.6) is 0 Å². The van der Waals surface area contributed by atoms with Crippen molar-refractivity contribution in [3.05, 3.63) is 65.5 Å². The number of benzene rings is 2. The molecule has 32 heavy (non-hydrogen) atoms. The van der Waals surface area contributed by atoms with E-state index >= 15 is 0 Å². The highest BCUT2D eigenvalue weighted by Gasteiger charge is 2.43. The second-order valence-corrected chi connectivity index (χ2v) is 10.1. The molecular weight excluding hydrogens is 451 g/mol. The van der Waals surface area contributed by atoms with E-state index in [1.807, 2.05) is 25.1 Å². The quantitative estimate of drug-likeness (QED) is 0.689. The molecule has 0 aliphatic carbocycles. The number of aliphatic imine (C=N–C) groups is 1. The number of nitrogens with one attached hydrogen (secondary N) is 2. The molecule has 0 unspecified atom stereocenters. The summed E-state index contributed by atoms with van der Waals surface area (Å²) in [5, 5.41) is 6.95. The number of halogens is 2. The zero-order chi connectivity index (χ0) is 21.9. The molecule has 174 valence electrons. The smallest absolute Gasteiger partial charge is 0.243 e. The average Bonchev–Trinajstić information content (AvgIpc) is 2.79. The number of hydrogen-bond donors (Lipinski definition) is 2. The molecule has 2 N–H and O–H groups in total. The molecule has 6 nitrogen and oxygen atoms in total. The third-order valence-corrected chi connectivity index (χ3v) is 8.11. The first-order chi connectivity index (χ1) is 14.9. The van der Waals surface area contributed by atoms with Crippen molar-refractivity contribution in [2.45, 2.75) is 43.2 Å². The molecule has 2 aromatic rings. The highest BCUT2D eigenvalue weighted by atomic mass is 35.5. The lowest BCUT2D eigenvalue weighted by atomic mass is 9.85. The lowest BCUT2D eigenvalue weighted by Gasteiger charge is -2.44. The van der Waals surface area contributed by atoms with E-state index in [2.05, 4.69) is 15.6 Å². The highest BCUT2D eigenvalue weighted by molar-refractivity contribution is 7.89. The van der Waals surface area contributed by atoms with Crippen LogP contribution in [0.2, 0.25) is 0 Å². The van der Waals surface area contributed by atoms with Gasteiger partial charge in [-0.15, -0.1) is 12.4 Å². The molecule has 2 aliphatic heterocycles. The number of hydrogen-bond acceptors (Lipinski definition) is 5. The molecule has 0 atom stereocenters. The molecule has 0 bridgehead atoms. The van der Waals surface area contributed by atoms with E-state index in [9.17, 15) is 12.8 Å². The average molecular weight is 481 g/mol. The molecule has 2 heterocycles. The van der Waals surface area contributed by atoms with Gasteiger partial charge in [0.05, 0.1) is 17.0 Å². The van der Waals surface area contributed by atoms with Gasteiger partial charge in [0.1, 0.15) is 11.7 Å². The fourth-order valence-electron chi connectivity index (χ4n) is 4.32. The minimum absolute atomic E-state index is 0. The number of nitrogens with zero attached hydrogens (tertiary/aromatic N) is 2. The molecule has 0 aromatic heterocycles. The van der Waals surface area contributed by atoms with Gasteiger partial charge < -0.3 is 10.6 Å². The zero-order valence-electron chi connectivity index (χ0n) is 18.2. The Morgan fingerprint density at radius 1 is 1.12 bits per heavy atom. The Kier molecular flexibility index (Phi) is 7.92. The summed E-state index contributed by atoms with van der Waals surface area (Å²) < 4.78 is 41.3. The number of amidine groups is 1. The van der Waals surface area contributed by atoms with Gasteiger partial charge in [0.2, 0.25) is 10.0 Å². The van der Waals surface area contributed by atoms with Crippen LogP contribution < -0.4 is 10.6 Å². The Morgan fingerprint density at radius 3 is 2.50 bits per heavy atom. The lowest BCUT2D eigenvalue weighted by molar-refractivity contribution is 0.241. The summed E-state index contributed by atoms with van der Waals surface area (Å²) in [6.07, 6.45) is 2.14. The van der Waals surface area contributed by atoms with Gasteiger partial charge in [0.15, 0.2) is 0 Å². The predicted molar refractivity (Wildman–Crippen MR) is 127 cm³/mol. The van der Waals surface area contributed by atoms with Crippen LogP contribution in [0.1, 0.15) is 30.9 Å². The van der Waals surface area contributed by atoms with Crippen LogP contribution in [0.3, 0.4) is 0 Å². The summed E-state index contributed by atoms with van der Waals surface area (Å²) in [6, 6.07) is 13.7. The van der Waals surface area contributed by atoms with Crippen LogP contribution in [-0.4, -0.2) is 50.3 Å². The van der Waals surface area contributed by atoms with Gasteiger partial charge in [0.25, 0.3) is 0 Å². The number of piperidine rings is 1. The fourth-order valence-corrected chi connectivity index (χ4v) is 5.77. The SMILES string of the molecule is CCc1ccc(S(=O)(=O)N2CCC3(CC2)NCCN=C3NCc2cccc(F)c2)cc1.Cl. The summed E-state index contributed by atoms with van der Waals surface area (Å²) >= 11 is 0. The van der Waals surface area contributed by atoms with E-state index in [-0.39, 0.29) is 23.8 Å². The molecule has 0 amide bonds. The largest absolute Gasteiger partial charge is 0.368 e. The van der Waals surface area contributed by atoms with Gasteiger partial charge in [-0.05, 0) is 54.7 Å². The first-order valence-corrected chi connectivity index (χ1v) is 12.2. The van der Waals surface area contributed by atoms with Crippen molar-refractivity contribution in [3.63, 3.8) is 0 Å². The molecule has 1 saturated heterocycles. The summed E-state index contributed by atoms with van der Waals surface area (Å²) in [7, 11) is -3.52. The van der Waals surface area contributed by atoms with Crippen LogP contribution in [0.15, 0.2) is 58.4 Å². The standard InChI is InChI=1S/C23H29FN4O2S.ClH/c1-2-18-6-8-21(9-7-18)31(29,30)28-14-10-23(11-15-28)22(25-12-13-27-23)26-17-19-4-3-5-20(24)16-19;/h3-9,16,27H,2,10-15,17H2,1H3,(H,25,26);1H. The highest BCUT2D eigenvalue weighted by Crippen LogP contribution is 2.29. The Labute approximate surface area is 195 Å². The van der Waals surface area contributed by atoms with Crippen LogP contribution >= 0.6 is 12.4 Å². The Morgan fingerprint density at radius 2 is 1.84 bits per heavy atom. The van der Waals surface area contributed by atoms with E-state index in [4.69, 9.17) is 0 Å². The van der Waals surface area contributed by atoms with Crippen molar-refractivity contribution in [3.8, 4) is 0 Å². The number of aryl methyl sites for hydroxylation is 1. The van der Waals surface area contributed by atoms with Crippen molar-refractivity contribution in [2.24, 2.45) is 4.99 Å². The summed E-state index contributed by atoms with van der Waals surface area (Å²) in [5.41, 5.74) is 1.59. The van der Waals surface area contributed by atoms with Gasteiger partial charge in [-0.25, -0.2) is 12.8 Å². The van der Waals surface area contributed by atoms with Gasteiger partial charge in [-0.3, -0.25) is 4.99 Å². The minimum Gasteiger partial charge on any atom is -0.368 e.